The molecule has 1 saturated heterocycles. The SMILES string of the molecule is CC[N+]1(CCCC(O)c2cccc(NS(C)(=O)=O)c2)CCCCCC1. The van der Waals surface area contributed by atoms with Crippen LogP contribution in [0.3, 0.4) is 0 Å². The maximum atomic E-state index is 11.3. The van der Waals surface area contributed by atoms with Crippen LogP contribution in [0.5, 0.6) is 0 Å². The van der Waals surface area contributed by atoms with E-state index in [0.29, 0.717) is 12.1 Å². The summed E-state index contributed by atoms with van der Waals surface area (Å²) in [5.41, 5.74) is 1.27. The minimum Gasteiger partial charge on any atom is -0.388 e. The molecule has 1 atom stereocenters. The van der Waals surface area contributed by atoms with Crippen molar-refractivity contribution in [1.82, 2.24) is 0 Å². The molecule has 142 valence electrons. The average molecular weight is 370 g/mol. The van der Waals surface area contributed by atoms with Crippen molar-refractivity contribution in [3.05, 3.63) is 29.8 Å². The summed E-state index contributed by atoms with van der Waals surface area (Å²) < 4.78 is 26.3. The van der Waals surface area contributed by atoms with Crippen molar-refractivity contribution in [2.45, 2.75) is 51.6 Å². The van der Waals surface area contributed by atoms with Gasteiger partial charge < -0.3 is 9.59 Å². The quantitative estimate of drug-likeness (QED) is 0.691. The molecule has 6 heteroatoms. The van der Waals surface area contributed by atoms with Crippen molar-refractivity contribution in [3.8, 4) is 0 Å². The second-order valence-electron chi connectivity index (χ2n) is 7.40. The van der Waals surface area contributed by atoms with E-state index in [2.05, 4.69) is 11.6 Å². The topological polar surface area (TPSA) is 66.4 Å². The third-order valence-corrected chi connectivity index (χ3v) is 5.98. The first-order chi connectivity index (χ1) is 11.8. The molecule has 1 unspecified atom stereocenters. The molecular formula is C19H33N2O3S+. The van der Waals surface area contributed by atoms with Gasteiger partial charge in [0.15, 0.2) is 0 Å². The van der Waals surface area contributed by atoms with Gasteiger partial charge in [0, 0.05) is 5.69 Å². The monoisotopic (exact) mass is 369 g/mol. The first-order valence-electron chi connectivity index (χ1n) is 9.44. The predicted octanol–water partition coefficient (Wildman–Crippen LogP) is 3.28. The van der Waals surface area contributed by atoms with Crippen molar-refractivity contribution in [2.24, 2.45) is 0 Å². The number of sulfonamides is 1. The number of aliphatic hydroxyl groups is 1. The summed E-state index contributed by atoms with van der Waals surface area (Å²) in [4.78, 5) is 0. The van der Waals surface area contributed by atoms with E-state index in [0.717, 1.165) is 24.8 Å². The smallest absolute Gasteiger partial charge is 0.229 e. The Morgan fingerprint density at radius 1 is 1.20 bits per heavy atom. The Kier molecular flexibility index (Phi) is 7.28. The highest BCUT2D eigenvalue weighted by Gasteiger charge is 2.26. The molecule has 1 aliphatic heterocycles. The van der Waals surface area contributed by atoms with Gasteiger partial charge in [-0.25, -0.2) is 8.42 Å². The van der Waals surface area contributed by atoms with Crippen LogP contribution in [0.1, 0.15) is 57.1 Å². The van der Waals surface area contributed by atoms with Gasteiger partial charge >= 0.3 is 0 Å². The number of anilines is 1. The maximum Gasteiger partial charge on any atom is 0.229 e. The van der Waals surface area contributed by atoms with Crippen LogP contribution in [0.15, 0.2) is 24.3 Å². The Hall–Kier alpha value is -1.11. The van der Waals surface area contributed by atoms with E-state index in [1.165, 1.54) is 49.8 Å². The van der Waals surface area contributed by atoms with Crippen LogP contribution in [0.4, 0.5) is 5.69 Å². The van der Waals surface area contributed by atoms with Gasteiger partial charge in [-0.3, -0.25) is 4.72 Å². The number of rotatable bonds is 8. The largest absolute Gasteiger partial charge is 0.388 e. The molecule has 2 rings (SSSR count). The molecule has 0 amide bonds. The lowest BCUT2D eigenvalue weighted by Crippen LogP contribution is -2.49. The fourth-order valence-corrected chi connectivity index (χ4v) is 4.42. The number of nitrogens with one attached hydrogen (secondary N) is 1. The van der Waals surface area contributed by atoms with Crippen LogP contribution in [-0.4, -0.2) is 50.4 Å². The summed E-state index contributed by atoms with van der Waals surface area (Å²) in [7, 11) is -3.30. The summed E-state index contributed by atoms with van der Waals surface area (Å²) in [5, 5.41) is 10.5. The van der Waals surface area contributed by atoms with Crippen molar-refractivity contribution in [2.75, 3.05) is 37.2 Å². The number of quaternary nitrogens is 1. The first kappa shape index (κ1) is 20.2. The van der Waals surface area contributed by atoms with E-state index < -0.39 is 16.1 Å². The van der Waals surface area contributed by atoms with E-state index in [-0.39, 0.29) is 0 Å². The third-order valence-electron chi connectivity index (χ3n) is 5.37. The second kappa shape index (κ2) is 9.01. The van der Waals surface area contributed by atoms with Gasteiger partial charge in [0.25, 0.3) is 0 Å². The lowest BCUT2D eigenvalue weighted by atomic mass is 10.0. The number of benzene rings is 1. The lowest BCUT2D eigenvalue weighted by Gasteiger charge is -2.37. The molecule has 0 bridgehead atoms. The van der Waals surface area contributed by atoms with Gasteiger partial charge in [-0.05, 0) is 63.1 Å². The van der Waals surface area contributed by atoms with Gasteiger partial charge in [-0.1, -0.05) is 12.1 Å². The normalized spacial score (nSPS) is 19.2. The van der Waals surface area contributed by atoms with Crippen molar-refractivity contribution >= 4 is 15.7 Å². The molecule has 0 saturated carbocycles. The van der Waals surface area contributed by atoms with Gasteiger partial charge in [0.05, 0.1) is 38.5 Å². The van der Waals surface area contributed by atoms with E-state index in [1.807, 2.05) is 6.07 Å². The minimum atomic E-state index is -3.30. The Morgan fingerprint density at radius 3 is 2.48 bits per heavy atom. The zero-order valence-electron chi connectivity index (χ0n) is 15.6. The molecule has 1 aromatic rings. The number of nitrogens with zero attached hydrogens (tertiary/aromatic N) is 1. The van der Waals surface area contributed by atoms with Gasteiger partial charge in [0.2, 0.25) is 10.0 Å². The maximum absolute atomic E-state index is 11.3. The summed E-state index contributed by atoms with van der Waals surface area (Å²) in [6.07, 6.45) is 7.60. The van der Waals surface area contributed by atoms with Gasteiger partial charge in [0.1, 0.15) is 0 Å². The molecule has 0 aliphatic carbocycles. The molecule has 1 aliphatic rings. The highest BCUT2D eigenvalue weighted by atomic mass is 32.2. The molecule has 1 fully saturated rings. The number of aliphatic hydroxyl groups excluding tert-OH is 1. The number of hydrogen-bond acceptors (Lipinski definition) is 3. The summed E-state index contributed by atoms with van der Waals surface area (Å²) in [6.45, 7) is 7.10. The highest BCUT2D eigenvalue weighted by Crippen LogP contribution is 2.24. The second-order valence-corrected chi connectivity index (χ2v) is 9.15. The fraction of sp³-hybridized carbons (Fsp3) is 0.684. The summed E-state index contributed by atoms with van der Waals surface area (Å²) in [6, 6.07) is 7.06. The standard InChI is InChI=1S/C19H33N2O3S/c1-3-21(13-6-4-5-7-14-21)15-9-12-19(22)17-10-8-11-18(16-17)20-25(2,23)24/h8,10-11,16,19-20,22H,3-7,9,12-15H2,1-2H3/q+1. The first-order valence-corrected chi connectivity index (χ1v) is 11.3. The minimum absolute atomic E-state index is 0.503. The van der Waals surface area contributed by atoms with E-state index in [9.17, 15) is 13.5 Å². The highest BCUT2D eigenvalue weighted by molar-refractivity contribution is 7.92. The number of likely N-dealkylation sites (tertiary alicyclic amines) is 1. The van der Waals surface area contributed by atoms with E-state index in [4.69, 9.17) is 0 Å². The Labute approximate surface area is 152 Å². The van der Waals surface area contributed by atoms with E-state index in [1.54, 1.807) is 18.2 Å². The van der Waals surface area contributed by atoms with Crippen LogP contribution < -0.4 is 4.72 Å². The molecule has 0 aromatic heterocycles. The van der Waals surface area contributed by atoms with Gasteiger partial charge in [-0.2, -0.15) is 0 Å². The molecular weight excluding hydrogens is 336 g/mol. The zero-order valence-corrected chi connectivity index (χ0v) is 16.4. The molecule has 0 radical (unpaired) electrons. The molecule has 2 N–H and O–H groups in total. The fourth-order valence-electron chi connectivity index (χ4n) is 3.87. The Bertz CT molecular complexity index is 638. The molecule has 25 heavy (non-hydrogen) atoms. The Balaban J connectivity index is 1.91. The van der Waals surface area contributed by atoms with Crippen molar-refractivity contribution in [3.63, 3.8) is 0 Å². The van der Waals surface area contributed by atoms with Crippen LogP contribution in [0.25, 0.3) is 0 Å². The van der Waals surface area contributed by atoms with Crippen LogP contribution in [-0.2, 0) is 10.0 Å². The van der Waals surface area contributed by atoms with Gasteiger partial charge in [-0.15, -0.1) is 0 Å². The molecule has 1 heterocycles. The predicted molar refractivity (Wildman–Crippen MR) is 103 cm³/mol. The van der Waals surface area contributed by atoms with Crippen LogP contribution >= 0.6 is 0 Å². The third kappa shape index (κ3) is 6.60. The Morgan fingerprint density at radius 2 is 1.88 bits per heavy atom. The average Bonchev–Trinajstić information content (AvgIpc) is 2.79. The number of hydrogen-bond donors (Lipinski definition) is 2. The van der Waals surface area contributed by atoms with Crippen LogP contribution in [0, 0.1) is 0 Å². The van der Waals surface area contributed by atoms with Crippen molar-refractivity contribution in [1.29, 1.82) is 0 Å². The molecule has 0 spiro atoms. The molecule has 1 aromatic carbocycles. The van der Waals surface area contributed by atoms with E-state index >= 15 is 0 Å². The summed E-state index contributed by atoms with van der Waals surface area (Å²) in [5.74, 6) is 0. The summed E-state index contributed by atoms with van der Waals surface area (Å²) >= 11 is 0. The lowest BCUT2D eigenvalue weighted by molar-refractivity contribution is -0.926. The zero-order chi connectivity index (χ0) is 18.3. The van der Waals surface area contributed by atoms with Crippen molar-refractivity contribution < 1.29 is 18.0 Å². The molecule has 5 nitrogen and oxygen atoms in total. The van der Waals surface area contributed by atoms with Crippen LogP contribution in [0.2, 0.25) is 0 Å².